The fourth-order valence-electron chi connectivity index (χ4n) is 2.06. The molecule has 0 saturated carbocycles. The maximum Gasteiger partial charge on any atom is 0.342 e. The van der Waals surface area contributed by atoms with Gasteiger partial charge in [-0.05, 0) is 38.1 Å². The van der Waals surface area contributed by atoms with Gasteiger partial charge >= 0.3 is 5.97 Å². The third-order valence-electron chi connectivity index (χ3n) is 3.34. The molecular weight excluding hydrogens is 310 g/mol. The summed E-state index contributed by atoms with van der Waals surface area (Å²) in [5.41, 5.74) is 0.687. The molecule has 0 aliphatic rings. The van der Waals surface area contributed by atoms with E-state index in [-0.39, 0.29) is 17.1 Å². The third kappa shape index (κ3) is 3.98. The fourth-order valence-corrected chi connectivity index (χ4v) is 2.06. The second kappa shape index (κ2) is 7.41. The number of anilines is 1. The topological polar surface area (TPSA) is 92.7 Å². The van der Waals surface area contributed by atoms with E-state index in [4.69, 9.17) is 4.74 Å². The van der Waals surface area contributed by atoms with E-state index >= 15 is 0 Å². The molecule has 0 radical (unpaired) electrons. The molecule has 124 valence electrons. The highest BCUT2D eigenvalue weighted by Crippen LogP contribution is 2.19. The summed E-state index contributed by atoms with van der Waals surface area (Å²) in [6, 6.07) is 12.4. The summed E-state index contributed by atoms with van der Waals surface area (Å²) in [5.74, 6) is -1.80. The number of aromatic hydroxyl groups is 1. The molecule has 2 aromatic rings. The Kier molecular flexibility index (Phi) is 5.31. The van der Waals surface area contributed by atoms with E-state index in [1.807, 2.05) is 0 Å². The highest BCUT2D eigenvalue weighted by molar-refractivity contribution is 6.05. The largest absolute Gasteiger partial charge is 0.507 e. The number of amides is 1. The first-order valence-corrected chi connectivity index (χ1v) is 7.30. The first-order chi connectivity index (χ1) is 11.4. The van der Waals surface area contributed by atoms with Crippen LogP contribution in [0.1, 0.15) is 34.6 Å². The molecule has 0 spiro atoms. The zero-order chi connectivity index (χ0) is 17.7. The monoisotopic (exact) mass is 327 g/mol. The van der Waals surface area contributed by atoms with Crippen LogP contribution >= 0.6 is 0 Å². The van der Waals surface area contributed by atoms with Gasteiger partial charge in [-0.15, -0.1) is 0 Å². The number of phenols is 1. The van der Waals surface area contributed by atoms with Crippen molar-refractivity contribution in [2.45, 2.75) is 20.0 Å². The van der Waals surface area contributed by atoms with Crippen molar-refractivity contribution in [1.82, 2.24) is 0 Å². The summed E-state index contributed by atoms with van der Waals surface area (Å²) in [5, 5.41) is 12.2. The van der Waals surface area contributed by atoms with Gasteiger partial charge in [-0.25, -0.2) is 4.79 Å². The van der Waals surface area contributed by atoms with Crippen LogP contribution in [-0.2, 0) is 9.53 Å². The van der Waals surface area contributed by atoms with Gasteiger partial charge < -0.3 is 15.2 Å². The zero-order valence-corrected chi connectivity index (χ0v) is 13.3. The van der Waals surface area contributed by atoms with Crippen LogP contribution in [0.15, 0.2) is 48.5 Å². The number of carbonyl (C=O) groups excluding carboxylic acids is 3. The Hall–Kier alpha value is -3.15. The average Bonchev–Trinajstić information content (AvgIpc) is 2.55. The van der Waals surface area contributed by atoms with E-state index in [9.17, 15) is 19.5 Å². The van der Waals surface area contributed by atoms with Gasteiger partial charge in [0.1, 0.15) is 11.3 Å². The summed E-state index contributed by atoms with van der Waals surface area (Å²) in [6.07, 6.45) is -1.10. The second-order valence-corrected chi connectivity index (χ2v) is 5.16. The van der Waals surface area contributed by atoms with Gasteiger partial charge in [-0.3, -0.25) is 9.59 Å². The van der Waals surface area contributed by atoms with Crippen molar-refractivity contribution in [1.29, 1.82) is 0 Å². The number of ether oxygens (including phenoxy) is 1. The van der Waals surface area contributed by atoms with Gasteiger partial charge in [0.15, 0.2) is 11.9 Å². The Bertz CT molecular complexity index is 784. The Balaban J connectivity index is 2.07. The molecule has 2 rings (SSSR count). The highest BCUT2D eigenvalue weighted by atomic mass is 16.5. The number of carbonyl (C=O) groups is 3. The smallest absolute Gasteiger partial charge is 0.342 e. The van der Waals surface area contributed by atoms with Crippen LogP contribution in [0.25, 0.3) is 0 Å². The lowest BCUT2D eigenvalue weighted by atomic mass is 10.1. The molecule has 2 N–H and O–H groups in total. The predicted octanol–water partition coefficient (Wildman–Crippen LogP) is 2.78. The number of esters is 1. The molecule has 0 aromatic heterocycles. The van der Waals surface area contributed by atoms with Crippen LogP contribution in [0, 0.1) is 0 Å². The van der Waals surface area contributed by atoms with Crippen LogP contribution in [0.5, 0.6) is 5.75 Å². The van der Waals surface area contributed by atoms with Crippen molar-refractivity contribution in [2.75, 3.05) is 5.32 Å². The summed E-state index contributed by atoms with van der Waals surface area (Å²) in [7, 11) is 0. The van der Waals surface area contributed by atoms with Crippen molar-refractivity contribution >= 4 is 23.3 Å². The zero-order valence-electron chi connectivity index (χ0n) is 13.3. The first-order valence-electron chi connectivity index (χ1n) is 7.30. The fraction of sp³-hybridized carbons (Fsp3) is 0.167. The molecule has 24 heavy (non-hydrogen) atoms. The molecule has 6 nitrogen and oxygen atoms in total. The molecule has 0 fully saturated rings. The quantitative estimate of drug-likeness (QED) is 0.651. The average molecular weight is 327 g/mol. The lowest BCUT2D eigenvalue weighted by molar-refractivity contribution is -0.123. The van der Waals surface area contributed by atoms with Crippen molar-refractivity contribution in [3.8, 4) is 5.75 Å². The molecule has 0 unspecified atom stereocenters. The SMILES string of the molecule is CC(=O)c1ccccc1NC(=O)[C@H](C)OC(=O)c1ccccc1O. The van der Waals surface area contributed by atoms with Gasteiger partial charge in [0.25, 0.3) is 5.91 Å². The van der Waals surface area contributed by atoms with Gasteiger partial charge in [0, 0.05) is 5.56 Å². The van der Waals surface area contributed by atoms with Crippen LogP contribution in [-0.4, -0.2) is 28.9 Å². The van der Waals surface area contributed by atoms with Crippen LogP contribution < -0.4 is 5.32 Å². The summed E-state index contributed by atoms with van der Waals surface area (Å²) in [6.45, 7) is 2.80. The number of phenolic OH excluding ortho intramolecular Hbond substituents is 1. The number of benzene rings is 2. The molecule has 6 heteroatoms. The Morgan fingerprint density at radius 2 is 1.58 bits per heavy atom. The van der Waals surface area contributed by atoms with Crippen molar-refractivity contribution in [3.05, 3.63) is 59.7 Å². The van der Waals surface area contributed by atoms with Crippen molar-refractivity contribution < 1.29 is 24.2 Å². The minimum atomic E-state index is -1.10. The lowest BCUT2D eigenvalue weighted by Gasteiger charge is -2.15. The maximum absolute atomic E-state index is 12.2. The molecule has 0 saturated heterocycles. The summed E-state index contributed by atoms with van der Waals surface area (Å²) < 4.78 is 5.06. The molecule has 2 aromatic carbocycles. The number of nitrogens with one attached hydrogen (secondary N) is 1. The normalized spacial score (nSPS) is 11.4. The molecule has 0 bridgehead atoms. The Morgan fingerprint density at radius 3 is 2.21 bits per heavy atom. The minimum absolute atomic E-state index is 0.0266. The van der Waals surface area contributed by atoms with Gasteiger partial charge in [-0.2, -0.15) is 0 Å². The van der Waals surface area contributed by atoms with Crippen LogP contribution in [0.4, 0.5) is 5.69 Å². The Morgan fingerprint density at radius 1 is 1.00 bits per heavy atom. The Labute approximate surface area is 139 Å². The first kappa shape index (κ1) is 17.2. The number of Topliss-reactive ketones (excluding diaryl/α,β-unsaturated/α-hetero) is 1. The molecule has 0 aliphatic carbocycles. The number of para-hydroxylation sites is 2. The molecule has 0 heterocycles. The highest BCUT2D eigenvalue weighted by Gasteiger charge is 2.21. The van der Waals surface area contributed by atoms with E-state index in [2.05, 4.69) is 5.32 Å². The molecule has 1 atom stereocenters. The summed E-state index contributed by atoms with van der Waals surface area (Å²) >= 11 is 0. The summed E-state index contributed by atoms with van der Waals surface area (Å²) in [4.78, 5) is 35.7. The minimum Gasteiger partial charge on any atom is -0.507 e. The van der Waals surface area contributed by atoms with Gasteiger partial charge in [0.05, 0.1) is 5.69 Å². The van der Waals surface area contributed by atoms with E-state index in [0.29, 0.717) is 11.3 Å². The standard InChI is InChI=1S/C18H17NO5/c1-11(20)13-7-3-5-9-15(13)19-17(22)12(2)24-18(23)14-8-4-6-10-16(14)21/h3-10,12,21H,1-2H3,(H,19,22)/t12-/m0/s1. The number of hydrogen-bond donors (Lipinski definition) is 2. The number of hydrogen-bond acceptors (Lipinski definition) is 5. The van der Waals surface area contributed by atoms with E-state index < -0.39 is 18.0 Å². The van der Waals surface area contributed by atoms with Crippen molar-refractivity contribution in [3.63, 3.8) is 0 Å². The van der Waals surface area contributed by atoms with Crippen LogP contribution in [0.3, 0.4) is 0 Å². The van der Waals surface area contributed by atoms with Crippen molar-refractivity contribution in [2.24, 2.45) is 0 Å². The van der Waals surface area contributed by atoms with Gasteiger partial charge in [0.2, 0.25) is 0 Å². The number of ketones is 1. The lowest BCUT2D eigenvalue weighted by Crippen LogP contribution is -2.30. The molecule has 1 amide bonds. The van der Waals surface area contributed by atoms with E-state index in [1.54, 1.807) is 36.4 Å². The van der Waals surface area contributed by atoms with E-state index in [0.717, 1.165) is 0 Å². The third-order valence-corrected chi connectivity index (χ3v) is 3.34. The molecule has 0 aliphatic heterocycles. The van der Waals surface area contributed by atoms with Gasteiger partial charge in [-0.1, -0.05) is 24.3 Å². The van der Waals surface area contributed by atoms with E-state index in [1.165, 1.54) is 26.0 Å². The molecular formula is C18H17NO5. The predicted molar refractivity (Wildman–Crippen MR) is 88.1 cm³/mol. The maximum atomic E-state index is 12.2. The van der Waals surface area contributed by atoms with Crippen LogP contribution in [0.2, 0.25) is 0 Å². The number of rotatable bonds is 5. The second-order valence-electron chi connectivity index (χ2n) is 5.16.